The van der Waals surface area contributed by atoms with Crippen LogP contribution in [-0.2, 0) is 11.8 Å². The predicted molar refractivity (Wildman–Crippen MR) is 130 cm³/mol. The van der Waals surface area contributed by atoms with Crippen molar-refractivity contribution in [3.8, 4) is 0 Å². The number of hydrogen-bond acceptors (Lipinski definition) is 2. The summed E-state index contributed by atoms with van der Waals surface area (Å²) < 4.78 is 0. The van der Waals surface area contributed by atoms with Crippen molar-refractivity contribution in [2.75, 3.05) is 27.2 Å². The first-order chi connectivity index (χ1) is 13.6. The van der Waals surface area contributed by atoms with Gasteiger partial charge < -0.3 is 16.0 Å². The number of aliphatic imine (C=N–C) groups is 1. The summed E-state index contributed by atoms with van der Waals surface area (Å²) in [7, 11) is 3.45. The third-order valence-electron chi connectivity index (χ3n) is 5.51. The van der Waals surface area contributed by atoms with E-state index in [1.165, 1.54) is 24.0 Å². The Balaban J connectivity index is 0.00000300. The van der Waals surface area contributed by atoms with Gasteiger partial charge in [0.2, 0.25) is 0 Å². The minimum Gasteiger partial charge on any atom is -0.356 e. The molecular formula is C23H31IN4O. The Morgan fingerprint density at radius 3 is 2.52 bits per heavy atom. The molecule has 6 heteroatoms. The second-order valence-electron chi connectivity index (χ2n) is 7.48. The first-order valence-corrected chi connectivity index (χ1v) is 9.89. The summed E-state index contributed by atoms with van der Waals surface area (Å²) in [6.07, 6.45) is 3.26. The molecule has 1 fully saturated rings. The number of carbonyl (C=O) groups excluding carboxylic acids is 1. The highest BCUT2D eigenvalue weighted by Crippen LogP contribution is 2.48. The fourth-order valence-electron chi connectivity index (χ4n) is 3.67. The fraction of sp³-hybridized carbons (Fsp3) is 0.391. The molecular weight excluding hydrogens is 475 g/mol. The van der Waals surface area contributed by atoms with Gasteiger partial charge in [0.15, 0.2) is 5.96 Å². The molecule has 0 aromatic heterocycles. The van der Waals surface area contributed by atoms with Crippen LogP contribution < -0.4 is 16.0 Å². The molecule has 29 heavy (non-hydrogen) atoms. The van der Waals surface area contributed by atoms with Gasteiger partial charge in [-0.05, 0) is 55.0 Å². The number of benzene rings is 2. The molecule has 0 heterocycles. The van der Waals surface area contributed by atoms with E-state index in [1.807, 2.05) is 24.3 Å². The standard InChI is InChI=1S/C23H30N4O.HI/c1-17-7-4-5-10-20(17)23(12-13-23)16-27-22(25-3)26-14-11-18-8-6-9-19(15-18)21(28)24-2;/h4-10,15H,11-14,16H2,1-3H3,(H,24,28)(H2,25,26,27);1H. The fourth-order valence-corrected chi connectivity index (χ4v) is 3.67. The van der Waals surface area contributed by atoms with Crippen LogP contribution in [0.1, 0.15) is 39.9 Å². The maximum Gasteiger partial charge on any atom is 0.251 e. The average molecular weight is 506 g/mol. The maximum atomic E-state index is 11.8. The number of nitrogens with one attached hydrogen (secondary N) is 3. The molecule has 5 nitrogen and oxygen atoms in total. The number of nitrogens with zero attached hydrogens (tertiary/aromatic N) is 1. The van der Waals surface area contributed by atoms with E-state index >= 15 is 0 Å². The molecule has 3 rings (SSSR count). The van der Waals surface area contributed by atoms with E-state index < -0.39 is 0 Å². The van der Waals surface area contributed by atoms with Crippen molar-refractivity contribution < 1.29 is 4.79 Å². The van der Waals surface area contributed by atoms with Gasteiger partial charge in [0.05, 0.1) is 0 Å². The summed E-state index contributed by atoms with van der Waals surface area (Å²) in [5.74, 6) is 0.764. The van der Waals surface area contributed by atoms with Crippen LogP contribution >= 0.6 is 24.0 Å². The van der Waals surface area contributed by atoms with Crippen molar-refractivity contribution in [3.63, 3.8) is 0 Å². The Hall–Kier alpha value is -2.09. The van der Waals surface area contributed by atoms with Crippen LogP contribution in [0.3, 0.4) is 0 Å². The Kier molecular flexibility index (Phi) is 8.49. The molecule has 2 aromatic carbocycles. The predicted octanol–water partition coefficient (Wildman–Crippen LogP) is 3.41. The molecule has 0 unspecified atom stereocenters. The van der Waals surface area contributed by atoms with Gasteiger partial charge in [0.1, 0.15) is 0 Å². The molecule has 0 aliphatic heterocycles. The smallest absolute Gasteiger partial charge is 0.251 e. The van der Waals surface area contributed by atoms with Gasteiger partial charge in [0, 0.05) is 38.2 Å². The lowest BCUT2D eigenvalue weighted by molar-refractivity contribution is 0.0963. The minimum absolute atomic E-state index is 0. The highest BCUT2D eigenvalue weighted by molar-refractivity contribution is 14.0. The second-order valence-corrected chi connectivity index (χ2v) is 7.48. The molecule has 2 aromatic rings. The molecule has 0 radical (unpaired) electrons. The van der Waals surface area contributed by atoms with Crippen LogP contribution in [0.4, 0.5) is 0 Å². The molecule has 1 saturated carbocycles. The van der Waals surface area contributed by atoms with Crippen LogP contribution in [0.2, 0.25) is 0 Å². The zero-order chi connectivity index (χ0) is 20.0. The van der Waals surface area contributed by atoms with Crippen LogP contribution in [-0.4, -0.2) is 39.1 Å². The van der Waals surface area contributed by atoms with Crippen LogP contribution in [0.25, 0.3) is 0 Å². The Bertz CT molecular complexity index is 861. The maximum absolute atomic E-state index is 11.8. The van der Waals surface area contributed by atoms with Gasteiger partial charge in [-0.2, -0.15) is 0 Å². The molecule has 1 amide bonds. The van der Waals surface area contributed by atoms with Gasteiger partial charge in [-0.3, -0.25) is 9.79 Å². The summed E-state index contributed by atoms with van der Waals surface area (Å²) in [5.41, 5.74) is 4.87. The number of aryl methyl sites for hydroxylation is 1. The first-order valence-electron chi connectivity index (χ1n) is 9.89. The summed E-state index contributed by atoms with van der Waals surface area (Å²) in [4.78, 5) is 16.1. The number of amides is 1. The van der Waals surface area contributed by atoms with E-state index in [9.17, 15) is 4.79 Å². The highest BCUT2D eigenvalue weighted by Gasteiger charge is 2.44. The van der Waals surface area contributed by atoms with Crippen molar-refractivity contribution in [2.24, 2.45) is 4.99 Å². The lowest BCUT2D eigenvalue weighted by atomic mass is 9.92. The zero-order valence-corrected chi connectivity index (χ0v) is 19.7. The summed E-state index contributed by atoms with van der Waals surface area (Å²) in [6, 6.07) is 16.4. The Morgan fingerprint density at radius 2 is 1.86 bits per heavy atom. The molecule has 3 N–H and O–H groups in total. The summed E-state index contributed by atoms with van der Waals surface area (Å²) >= 11 is 0. The lowest BCUT2D eigenvalue weighted by Gasteiger charge is -2.20. The third kappa shape index (κ3) is 5.95. The topological polar surface area (TPSA) is 65.5 Å². The van der Waals surface area contributed by atoms with Crippen molar-refractivity contribution >= 4 is 35.8 Å². The van der Waals surface area contributed by atoms with Gasteiger partial charge in [0.25, 0.3) is 5.91 Å². The Labute approximate surface area is 190 Å². The van der Waals surface area contributed by atoms with E-state index in [4.69, 9.17) is 0 Å². The lowest BCUT2D eigenvalue weighted by Crippen LogP contribution is -2.42. The van der Waals surface area contributed by atoms with E-state index in [2.05, 4.69) is 52.1 Å². The Morgan fingerprint density at radius 1 is 1.10 bits per heavy atom. The van der Waals surface area contributed by atoms with Crippen LogP contribution in [0, 0.1) is 6.92 Å². The van der Waals surface area contributed by atoms with Crippen molar-refractivity contribution in [3.05, 3.63) is 70.8 Å². The van der Waals surface area contributed by atoms with Gasteiger partial charge in [-0.25, -0.2) is 0 Å². The molecule has 0 saturated heterocycles. The summed E-state index contributed by atoms with van der Waals surface area (Å²) in [6.45, 7) is 3.84. The largest absolute Gasteiger partial charge is 0.356 e. The second kappa shape index (κ2) is 10.6. The van der Waals surface area contributed by atoms with E-state index in [1.54, 1.807) is 14.1 Å². The van der Waals surface area contributed by atoms with Crippen molar-refractivity contribution in [1.29, 1.82) is 0 Å². The SMILES string of the molecule is CN=C(NCCc1cccc(C(=O)NC)c1)NCC1(c2ccccc2C)CC1.I. The molecule has 156 valence electrons. The molecule has 0 spiro atoms. The number of hydrogen-bond donors (Lipinski definition) is 3. The van der Waals surface area contributed by atoms with Crippen LogP contribution in [0.5, 0.6) is 0 Å². The first kappa shape index (κ1) is 23.2. The van der Waals surface area contributed by atoms with E-state index in [-0.39, 0.29) is 35.3 Å². The minimum atomic E-state index is -0.0572. The molecule has 1 aliphatic carbocycles. The van der Waals surface area contributed by atoms with Crippen molar-refractivity contribution in [2.45, 2.75) is 31.6 Å². The molecule has 0 atom stereocenters. The third-order valence-corrected chi connectivity index (χ3v) is 5.51. The van der Waals surface area contributed by atoms with Gasteiger partial charge >= 0.3 is 0 Å². The zero-order valence-electron chi connectivity index (χ0n) is 17.4. The van der Waals surface area contributed by atoms with Crippen molar-refractivity contribution in [1.82, 2.24) is 16.0 Å². The quantitative estimate of drug-likeness (QED) is 0.307. The van der Waals surface area contributed by atoms with Gasteiger partial charge in [-0.15, -0.1) is 24.0 Å². The van der Waals surface area contributed by atoms with Crippen LogP contribution in [0.15, 0.2) is 53.5 Å². The average Bonchev–Trinajstić information content (AvgIpc) is 3.51. The number of carbonyl (C=O) groups is 1. The summed E-state index contributed by atoms with van der Waals surface area (Å²) in [5, 5.41) is 9.55. The number of guanidine groups is 1. The normalized spacial score (nSPS) is 14.5. The van der Waals surface area contributed by atoms with E-state index in [0.717, 1.165) is 31.0 Å². The number of rotatable bonds is 7. The molecule has 0 bridgehead atoms. The monoisotopic (exact) mass is 506 g/mol. The molecule has 1 aliphatic rings. The highest BCUT2D eigenvalue weighted by atomic mass is 127. The van der Waals surface area contributed by atoms with E-state index in [0.29, 0.717) is 5.56 Å². The number of halogens is 1. The van der Waals surface area contributed by atoms with Gasteiger partial charge in [-0.1, -0.05) is 36.4 Å².